The first-order chi connectivity index (χ1) is 12.2. The number of aryl methyl sites for hydroxylation is 1. The average Bonchev–Trinajstić information content (AvgIpc) is 3.15. The third-order valence-corrected chi connectivity index (χ3v) is 5.95. The molecule has 2 heterocycles. The number of aliphatic hydroxyl groups is 1. The van der Waals surface area contributed by atoms with Crippen molar-refractivity contribution in [2.24, 2.45) is 0 Å². The molecule has 9 nitrogen and oxygen atoms in total. The monoisotopic (exact) mass is 380 g/mol. The number of rotatable bonds is 4. The van der Waals surface area contributed by atoms with E-state index in [1.807, 2.05) is 31.2 Å². The van der Waals surface area contributed by atoms with E-state index in [0.717, 1.165) is 11.1 Å². The number of hydrogen-bond acceptors (Lipinski definition) is 7. The van der Waals surface area contributed by atoms with Crippen molar-refractivity contribution in [3.05, 3.63) is 35.7 Å². The highest BCUT2D eigenvalue weighted by atomic mass is 32.2. The zero-order valence-corrected chi connectivity index (χ0v) is 15.2. The summed E-state index contributed by atoms with van der Waals surface area (Å²) in [5.74, 6) is 0.0565. The van der Waals surface area contributed by atoms with Gasteiger partial charge in [0.2, 0.25) is 11.7 Å². The number of amides is 2. The molecule has 1 saturated heterocycles. The van der Waals surface area contributed by atoms with Crippen molar-refractivity contribution in [1.82, 2.24) is 20.4 Å². The summed E-state index contributed by atoms with van der Waals surface area (Å²) in [6.07, 6.45) is -1.09. The second kappa shape index (κ2) is 7.04. The van der Waals surface area contributed by atoms with E-state index in [1.165, 1.54) is 11.9 Å². The van der Waals surface area contributed by atoms with Crippen molar-refractivity contribution in [3.8, 4) is 11.4 Å². The lowest BCUT2D eigenvalue weighted by molar-refractivity contribution is 0.110. The molecule has 10 heteroatoms. The van der Waals surface area contributed by atoms with Gasteiger partial charge in [-0.2, -0.15) is 4.98 Å². The van der Waals surface area contributed by atoms with Gasteiger partial charge in [0.25, 0.3) is 0 Å². The SMILES string of the molecule is Cc1cccc(-c2noc(CNC(=O)N(C)[C@@H]3CS(=O)(=O)C[C@H]3O)n2)c1. The maximum absolute atomic E-state index is 12.2. The van der Waals surface area contributed by atoms with Crippen molar-refractivity contribution >= 4 is 15.9 Å². The largest absolute Gasteiger partial charge is 0.390 e. The highest BCUT2D eigenvalue weighted by Crippen LogP contribution is 2.18. The molecule has 0 unspecified atom stereocenters. The second-order valence-electron chi connectivity index (χ2n) is 6.36. The van der Waals surface area contributed by atoms with E-state index >= 15 is 0 Å². The number of aliphatic hydroxyl groups excluding tert-OH is 1. The summed E-state index contributed by atoms with van der Waals surface area (Å²) >= 11 is 0. The molecule has 26 heavy (non-hydrogen) atoms. The molecular weight excluding hydrogens is 360 g/mol. The molecule has 0 saturated carbocycles. The first kappa shape index (κ1) is 18.3. The van der Waals surface area contributed by atoms with Gasteiger partial charge in [0, 0.05) is 12.6 Å². The predicted molar refractivity (Wildman–Crippen MR) is 92.9 cm³/mol. The van der Waals surface area contributed by atoms with E-state index in [9.17, 15) is 18.3 Å². The van der Waals surface area contributed by atoms with Crippen molar-refractivity contribution in [3.63, 3.8) is 0 Å². The van der Waals surface area contributed by atoms with Gasteiger partial charge >= 0.3 is 6.03 Å². The van der Waals surface area contributed by atoms with Gasteiger partial charge in [0.15, 0.2) is 9.84 Å². The summed E-state index contributed by atoms with van der Waals surface area (Å²) in [6, 6.07) is 6.32. The molecule has 2 atom stereocenters. The summed E-state index contributed by atoms with van der Waals surface area (Å²) < 4.78 is 28.3. The summed E-state index contributed by atoms with van der Waals surface area (Å²) in [7, 11) is -1.89. The van der Waals surface area contributed by atoms with Crippen LogP contribution < -0.4 is 5.32 Å². The molecule has 1 aliphatic rings. The molecular formula is C16H20N4O5S. The number of likely N-dealkylation sites (N-methyl/N-ethyl adjacent to an activating group) is 1. The predicted octanol–water partition coefficient (Wildman–Crippen LogP) is 0.344. The molecule has 2 aromatic rings. The van der Waals surface area contributed by atoms with Gasteiger partial charge < -0.3 is 19.8 Å². The van der Waals surface area contributed by atoms with Gasteiger partial charge in [-0.1, -0.05) is 28.9 Å². The van der Waals surface area contributed by atoms with Crippen LogP contribution in [0.15, 0.2) is 28.8 Å². The number of aromatic nitrogens is 2. The lowest BCUT2D eigenvalue weighted by atomic mass is 10.1. The van der Waals surface area contributed by atoms with Crippen molar-refractivity contribution in [2.45, 2.75) is 25.6 Å². The number of nitrogens with one attached hydrogen (secondary N) is 1. The molecule has 1 aromatic heterocycles. The summed E-state index contributed by atoms with van der Waals surface area (Å²) in [5.41, 5.74) is 1.87. The van der Waals surface area contributed by atoms with E-state index < -0.39 is 28.0 Å². The Labute approximate surface area is 150 Å². The number of hydrogen-bond donors (Lipinski definition) is 2. The fourth-order valence-electron chi connectivity index (χ4n) is 2.84. The van der Waals surface area contributed by atoms with Crippen LogP contribution in [0.2, 0.25) is 0 Å². The standard InChI is InChI=1S/C16H20N4O5S/c1-10-4-3-5-11(6-10)15-18-14(25-19-15)7-17-16(22)20(2)12-8-26(23,24)9-13(12)21/h3-6,12-13,21H,7-9H2,1-2H3,(H,17,22)/t12-,13-/m1/s1. The summed E-state index contributed by atoms with van der Waals surface area (Å²) in [4.78, 5) is 17.6. The Morgan fingerprint density at radius 2 is 2.19 bits per heavy atom. The highest BCUT2D eigenvalue weighted by molar-refractivity contribution is 7.91. The zero-order valence-electron chi connectivity index (χ0n) is 14.4. The van der Waals surface area contributed by atoms with Crippen LogP contribution in [0.5, 0.6) is 0 Å². The van der Waals surface area contributed by atoms with Crippen LogP contribution in [0.4, 0.5) is 4.79 Å². The lowest BCUT2D eigenvalue weighted by Gasteiger charge is -2.25. The van der Waals surface area contributed by atoms with Crippen LogP contribution >= 0.6 is 0 Å². The first-order valence-corrected chi connectivity index (χ1v) is 9.86. The van der Waals surface area contributed by atoms with E-state index in [4.69, 9.17) is 4.52 Å². The van der Waals surface area contributed by atoms with Crippen LogP contribution in [0, 0.1) is 6.92 Å². The van der Waals surface area contributed by atoms with E-state index in [2.05, 4.69) is 15.5 Å². The number of sulfone groups is 1. The third kappa shape index (κ3) is 4.02. The quantitative estimate of drug-likeness (QED) is 0.783. The molecule has 140 valence electrons. The highest BCUT2D eigenvalue weighted by Gasteiger charge is 2.40. The van der Waals surface area contributed by atoms with Crippen LogP contribution in [0.25, 0.3) is 11.4 Å². The molecule has 0 aliphatic carbocycles. The fraction of sp³-hybridized carbons (Fsp3) is 0.438. The van der Waals surface area contributed by atoms with Gasteiger partial charge in [0.1, 0.15) is 0 Å². The molecule has 3 rings (SSSR count). The van der Waals surface area contributed by atoms with Gasteiger partial charge in [0.05, 0.1) is 30.2 Å². The minimum atomic E-state index is -3.33. The average molecular weight is 380 g/mol. The molecule has 0 radical (unpaired) electrons. The molecule has 1 fully saturated rings. The topological polar surface area (TPSA) is 126 Å². The van der Waals surface area contributed by atoms with Crippen LogP contribution in [0.3, 0.4) is 0 Å². The third-order valence-electron chi connectivity index (χ3n) is 4.25. The Kier molecular flexibility index (Phi) is 4.97. The minimum absolute atomic E-state index is 0.00243. The smallest absolute Gasteiger partial charge is 0.317 e. The summed E-state index contributed by atoms with van der Waals surface area (Å²) in [5, 5.41) is 16.3. The molecule has 0 spiro atoms. The Morgan fingerprint density at radius 1 is 1.42 bits per heavy atom. The lowest BCUT2D eigenvalue weighted by Crippen LogP contribution is -2.48. The Morgan fingerprint density at radius 3 is 2.85 bits per heavy atom. The number of nitrogens with zero attached hydrogens (tertiary/aromatic N) is 3. The van der Waals surface area contributed by atoms with Crippen LogP contribution in [0.1, 0.15) is 11.5 Å². The number of carbonyl (C=O) groups excluding carboxylic acids is 1. The molecule has 0 bridgehead atoms. The number of urea groups is 1. The van der Waals surface area contributed by atoms with E-state index in [-0.39, 0.29) is 23.9 Å². The normalized spacial score (nSPS) is 21.5. The van der Waals surface area contributed by atoms with E-state index in [0.29, 0.717) is 5.82 Å². The van der Waals surface area contributed by atoms with Gasteiger partial charge in [-0.3, -0.25) is 0 Å². The van der Waals surface area contributed by atoms with E-state index in [1.54, 1.807) is 0 Å². The number of benzene rings is 1. The van der Waals surface area contributed by atoms with Gasteiger partial charge in [-0.05, 0) is 13.0 Å². The Bertz CT molecular complexity index is 911. The van der Waals surface area contributed by atoms with Crippen LogP contribution in [-0.2, 0) is 16.4 Å². The number of carbonyl (C=O) groups is 1. The van der Waals surface area contributed by atoms with Crippen molar-refractivity contribution in [2.75, 3.05) is 18.6 Å². The Hall–Kier alpha value is -2.46. The van der Waals surface area contributed by atoms with Gasteiger partial charge in [-0.25, -0.2) is 13.2 Å². The first-order valence-electron chi connectivity index (χ1n) is 8.04. The second-order valence-corrected chi connectivity index (χ2v) is 8.52. The molecule has 2 amide bonds. The molecule has 1 aliphatic heterocycles. The molecule has 1 aromatic carbocycles. The Balaban J connectivity index is 1.60. The van der Waals surface area contributed by atoms with Crippen molar-refractivity contribution in [1.29, 1.82) is 0 Å². The zero-order chi connectivity index (χ0) is 18.9. The summed E-state index contributed by atoms with van der Waals surface area (Å²) in [6.45, 7) is 1.95. The van der Waals surface area contributed by atoms with Crippen molar-refractivity contribution < 1.29 is 22.8 Å². The molecule has 2 N–H and O–H groups in total. The maximum Gasteiger partial charge on any atom is 0.317 e. The fourth-order valence-corrected chi connectivity index (χ4v) is 4.68. The maximum atomic E-state index is 12.2. The van der Waals surface area contributed by atoms with Crippen LogP contribution in [-0.4, -0.2) is 65.3 Å². The minimum Gasteiger partial charge on any atom is -0.390 e. The van der Waals surface area contributed by atoms with Gasteiger partial charge in [-0.15, -0.1) is 0 Å².